The van der Waals surface area contributed by atoms with Crippen molar-refractivity contribution >= 4 is 12.0 Å². The summed E-state index contributed by atoms with van der Waals surface area (Å²) in [5.41, 5.74) is -0.597. The van der Waals surface area contributed by atoms with Crippen LogP contribution >= 0.6 is 0 Å². The van der Waals surface area contributed by atoms with E-state index in [4.69, 9.17) is 9.84 Å². The van der Waals surface area contributed by atoms with Crippen LogP contribution in [0.5, 0.6) is 0 Å². The van der Waals surface area contributed by atoms with Crippen LogP contribution in [0.25, 0.3) is 0 Å². The van der Waals surface area contributed by atoms with Crippen molar-refractivity contribution in [2.45, 2.75) is 52.4 Å². The quantitative estimate of drug-likeness (QED) is 0.670. The van der Waals surface area contributed by atoms with Gasteiger partial charge in [-0.15, -0.1) is 0 Å². The Morgan fingerprint density at radius 1 is 1.29 bits per heavy atom. The zero-order valence-electron chi connectivity index (χ0n) is 11.0. The van der Waals surface area contributed by atoms with Gasteiger partial charge in [-0.05, 0) is 34.6 Å². The van der Waals surface area contributed by atoms with Gasteiger partial charge < -0.3 is 20.5 Å². The van der Waals surface area contributed by atoms with Crippen LogP contribution < -0.4 is 10.6 Å². The first-order chi connectivity index (χ1) is 7.61. The topological polar surface area (TPSA) is 87.7 Å². The Morgan fingerprint density at radius 2 is 1.82 bits per heavy atom. The molecule has 0 aromatic carbocycles. The molecule has 0 aliphatic rings. The van der Waals surface area contributed by atoms with Crippen molar-refractivity contribution in [3.63, 3.8) is 0 Å². The first-order valence-corrected chi connectivity index (χ1v) is 5.57. The summed E-state index contributed by atoms with van der Waals surface area (Å²) in [6.45, 7) is 8.48. The molecule has 2 atom stereocenters. The molecule has 0 bridgehead atoms. The van der Waals surface area contributed by atoms with Crippen LogP contribution in [-0.2, 0) is 9.53 Å². The maximum Gasteiger partial charge on any atom is 0.408 e. The molecule has 100 valence electrons. The second kappa shape index (κ2) is 6.44. The second-order valence-electron chi connectivity index (χ2n) is 4.96. The van der Waals surface area contributed by atoms with Gasteiger partial charge in [0.2, 0.25) is 5.91 Å². The summed E-state index contributed by atoms with van der Waals surface area (Å²) in [7, 11) is 0. The number of hydrogen-bond acceptors (Lipinski definition) is 4. The van der Waals surface area contributed by atoms with E-state index in [1.807, 2.05) is 0 Å². The van der Waals surface area contributed by atoms with Crippen molar-refractivity contribution in [1.82, 2.24) is 10.6 Å². The number of hydrogen-bond donors (Lipinski definition) is 3. The predicted octanol–water partition coefficient (Wildman–Crippen LogP) is 0.397. The van der Waals surface area contributed by atoms with E-state index in [0.717, 1.165) is 0 Å². The molecule has 0 spiro atoms. The molecule has 0 aromatic heterocycles. The molecular formula is C11H22N2O4. The lowest BCUT2D eigenvalue weighted by Gasteiger charge is -2.21. The Kier molecular flexibility index (Phi) is 5.95. The molecule has 6 nitrogen and oxygen atoms in total. The van der Waals surface area contributed by atoms with Gasteiger partial charge in [-0.3, -0.25) is 4.79 Å². The van der Waals surface area contributed by atoms with Gasteiger partial charge in [-0.25, -0.2) is 4.79 Å². The monoisotopic (exact) mass is 246 g/mol. The first kappa shape index (κ1) is 15.7. The van der Waals surface area contributed by atoms with Crippen molar-refractivity contribution in [3.8, 4) is 0 Å². The van der Waals surface area contributed by atoms with Crippen LogP contribution in [0.2, 0.25) is 0 Å². The molecule has 0 aliphatic carbocycles. The number of rotatable bonds is 4. The third-order valence-electron chi connectivity index (χ3n) is 1.70. The van der Waals surface area contributed by atoms with Crippen molar-refractivity contribution in [3.05, 3.63) is 0 Å². The fourth-order valence-electron chi connectivity index (χ4n) is 0.951. The Bertz CT molecular complexity index is 271. The van der Waals surface area contributed by atoms with Gasteiger partial charge in [0.1, 0.15) is 11.6 Å². The highest BCUT2D eigenvalue weighted by Gasteiger charge is 2.20. The Balaban J connectivity index is 4.03. The molecule has 0 fully saturated rings. The highest BCUT2D eigenvalue weighted by atomic mass is 16.6. The molecule has 0 rings (SSSR count). The summed E-state index contributed by atoms with van der Waals surface area (Å²) < 4.78 is 5.00. The maximum absolute atomic E-state index is 11.5. The summed E-state index contributed by atoms with van der Waals surface area (Å²) in [6, 6.07) is -0.705. The van der Waals surface area contributed by atoms with E-state index in [9.17, 15) is 9.59 Å². The lowest BCUT2D eigenvalue weighted by molar-refractivity contribution is -0.123. The zero-order chi connectivity index (χ0) is 13.6. The SMILES string of the molecule is CC(NC(=O)OC(C)(C)C)C(=O)NC[C@H](C)O. The largest absolute Gasteiger partial charge is 0.444 e. The van der Waals surface area contributed by atoms with Gasteiger partial charge in [0.25, 0.3) is 0 Å². The number of amides is 2. The Hall–Kier alpha value is -1.30. The summed E-state index contributed by atoms with van der Waals surface area (Å²) in [6.07, 6.45) is -1.26. The van der Waals surface area contributed by atoms with E-state index < -0.39 is 23.8 Å². The van der Waals surface area contributed by atoms with Gasteiger partial charge in [-0.2, -0.15) is 0 Å². The number of carbonyl (C=O) groups is 2. The van der Waals surface area contributed by atoms with Crippen LogP contribution in [0.4, 0.5) is 4.79 Å². The van der Waals surface area contributed by atoms with E-state index in [1.54, 1.807) is 34.6 Å². The fourth-order valence-corrected chi connectivity index (χ4v) is 0.951. The molecule has 3 N–H and O–H groups in total. The van der Waals surface area contributed by atoms with Crippen molar-refractivity contribution in [2.75, 3.05) is 6.54 Å². The average Bonchev–Trinajstić information content (AvgIpc) is 2.10. The van der Waals surface area contributed by atoms with Crippen LogP contribution in [0.15, 0.2) is 0 Å². The van der Waals surface area contributed by atoms with Crippen LogP contribution in [0.1, 0.15) is 34.6 Å². The van der Waals surface area contributed by atoms with E-state index in [1.165, 1.54) is 0 Å². The normalized spacial score (nSPS) is 14.7. The lowest BCUT2D eigenvalue weighted by Crippen LogP contribution is -2.47. The molecular weight excluding hydrogens is 224 g/mol. The standard InChI is InChI=1S/C11H22N2O4/c1-7(14)6-12-9(15)8(2)13-10(16)17-11(3,4)5/h7-8,14H,6H2,1-5H3,(H,12,15)(H,13,16)/t7-,8?/m0/s1. The zero-order valence-corrected chi connectivity index (χ0v) is 11.0. The maximum atomic E-state index is 11.5. The average molecular weight is 246 g/mol. The molecule has 0 saturated heterocycles. The van der Waals surface area contributed by atoms with Crippen molar-refractivity contribution in [2.24, 2.45) is 0 Å². The van der Waals surface area contributed by atoms with E-state index in [2.05, 4.69) is 10.6 Å². The van der Waals surface area contributed by atoms with Crippen molar-refractivity contribution in [1.29, 1.82) is 0 Å². The van der Waals surface area contributed by atoms with Gasteiger partial charge in [-0.1, -0.05) is 0 Å². The van der Waals surface area contributed by atoms with Crippen molar-refractivity contribution < 1.29 is 19.4 Å². The smallest absolute Gasteiger partial charge is 0.408 e. The Labute approximate surface area is 102 Å². The van der Waals surface area contributed by atoms with Crippen LogP contribution in [0.3, 0.4) is 0 Å². The number of nitrogens with one attached hydrogen (secondary N) is 2. The van der Waals surface area contributed by atoms with Gasteiger partial charge in [0, 0.05) is 6.54 Å². The number of alkyl carbamates (subject to hydrolysis) is 1. The summed E-state index contributed by atoms with van der Waals surface area (Å²) in [5, 5.41) is 13.9. The van der Waals surface area contributed by atoms with E-state index in [-0.39, 0.29) is 12.5 Å². The summed E-state index contributed by atoms with van der Waals surface area (Å²) in [4.78, 5) is 22.8. The minimum Gasteiger partial charge on any atom is -0.444 e. The van der Waals surface area contributed by atoms with Crippen LogP contribution in [0, 0.1) is 0 Å². The molecule has 0 radical (unpaired) electrons. The van der Waals surface area contributed by atoms with Crippen LogP contribution in [-0.4, -0.2) is 41.4 Å². The predicted molar refractivity (Wildman–Crippen MR) is 63.5 cm³/mol. The summed E-state index contributed by atoms with van der Waals surface area (Å²) in [5.74, 6) is -0.364. The number of aliphatic hydroxyl groups is 1. The first-order valence-electron chi connectivity index (χ1n) is 5.57. The molecule has 0 aliphatic heterocycles. The minimum absolute atomic E-state index is 0.152. The van der Waals surface area contributed by atoms with E-state index >= 15 is 0 Å². The molecule has 6 heteroatoms. The Morgan fingerprint density at radius 3 is 2.24 bits per heavy atom. The molecule has 17 heavy (non-hydrogen) atoms. The number of aliphatic hydroxyl groups excluding tert-OH is 1. The number of ether oxygens (including phenoxy) is 1. The third kappa shape index (κ3) is 8.50. The molecule has 1 unspecified atom stereocenters. The summed E-state index contributed by atoms with van der Waals surface area (Å²) >= 11 is 0. The highest BCUT2D eigenvalue weighted by Crippen LogP contribution is 2.06. The lowest BCUT2D eigenvalue weighted by atomic mass is 10.2. The third-order valence-corrected chi connectivity index (χ3v) is 1.70. The highest BCUT2D eigenvalue weighted by molar-refractivity contribution is 5.85. The van der Waals surface area contributed by atoms with Gasteiger partial charge in [0.15, 0.2) is 0 Å². The fraction of sp³-hybridized carbons (Fsp3) is 0.818. The number of carbonyl (C=O) groups excluding carboxylic acids is 2. The molecule has 2 amide bonds. The van der Waals surface area contributed by atoms with E-state index in [0.29, 0.717) is 0 Å². The second-order valence-corrected chi connectivity index (χ2v) is 4.96. The van der Waals surface area contributed by atoms with Gasteiger partial charge in [0.05, 0.1) is 6.10 Å². The molecule has 0 aromatic rings. The molecule has 0 saturated carbocycles. The van der Waals surface area contributed by atoms with Gasteiger partial charge >= 0.3 is 6.09 Å². The molecule has 0 heterocycles. The minimum atomic E-state index is -0.705.